The molecular formula is C17H34O3Si4. The van der Waals surface area contributed by atoms with Crippen molar-refractivity contribution >= 4 is 40.5 Å². The van der Waals surface area contributed by atoms with Crippen LogP contribution in [0.15, 0.2) is 35.7 Å². The van der Waals surface area contributed by atoms with Gasteiger partial charge in [-0.15, -0.1) is 0 Å². The first-order chi connectivity index (χ1) is 10.9. The van der Waals surface area contributed by atoms with Crippen molar-refractivity contribution in [3.63, 3.8) is 0 Å². The van der Waals surface area contributed by atoms with Gasteiger partial charge in [0.25, 0.3) is 0 Å². The van der Waals surface area contributed by atoms with Crippen LogP contribution in [0.4, 0.5) is 0 Å². The summed E-state index contributed by atoms with van der Waals surface area (Å²) in [6.07, 6.45) is 0. The summed E-state index contributed by atoms with van der Waals surface area (Å²) in [6, 6.07) is 10.4. The first-order valence-electron chi connectivity index (χ1n) is 8.68. The van der Waals surface area contributed by atoms with Crippen molar-refractivity contribution in [2.45, 2.75) is 58.9 Å². The lowest BCUT2D eigenvalue weighted by molar-refractivity contribution is 0.401. The highest BCUT2D eigenvalue weighted by Gasteiger charge is 2.37. The van der Waals surface area contributed by atoms with Crippen LogP contribution in [-0.4, -0.2) is 34.7 Å². The highest BCUT2D eigenvalue weighted by molar-refractivity contribution is 6.83. The Hall–Kier alpha value is -0.612. The van der Waals surface area contributed by atoms with E-state index < -0.39 is 34.7 Å². The summed E-state index contributed by atoms with van der Waals surface area (Å²) in [5, 5.41) is 0.990. The van der Waals surface area contributed by atoms with E-state index in [1.165, 1.54) is 0 Å². The number of hydrogen-bond acceptors (Lipinski definition) is 3. The molecule has 0 heterocycles. The minimum Gasteiger partial charge on any atom is -0.546 e. The van der Waals surface area contributed by atoms with Crippen LogP contribution in [0.3, 0.4) is 0 Å². The van der Waals surface area contributed by atoms with E-state index >= 15 is 0 Å². The SMILES string of the molecule is C[SiH2]O[Si](C)(C)C(O[Si](C)(C)C)=C(O[Si](C)(C)C)c1ccccc1. The van der Waals surface area contributed by atoms with Gasteiger partial charge in [-0.2, -0.15) is 0 Å². The van der Waals surface area contributed by atoms with Crippen molar-refractivity contribution in [1.82, 2.24) is 0 Å². The quantitative estimate of drug-likeness (QED) is 0.458. The molecule has 3 nitrogen and oxygen atoms in total. The van der Waals surface area contributed by atoms with Crippen molar-refractivity contribution < 1.29 is 13.0 Å². The van der Waals surface area contributed by atoms with E-state index in [9.17, 15) is 0 Å². The molecule has 0 radical (unpaired) electrons. The van der Waals surface area contributed by atoms with Gasteiger partial charge in [0.05, 0.1) is 0 Å². The second-order valence-corrected chi connectivity index (χ2v) is 22.5. The predicted octanol–water partition coefficient (Wildman–Crippen LogP) is 4.95. The van der Waals surface area contributed by atoms with E-state index in [2.05, 4.69) is 83.2 Å². The molecule has 0 aromatic heterocycles. The summed E-state index contributed by atoms with van der Waals surface area (Å²) >= 11 is 0. The second kappa shape index (κ2) is 8.18. The molecule has 24 heavy (non-hydrogen) atoms. The molecule has 0 aliphatic heterocycles. The molecule has 0 fully saturated rings. The zero-order chi connectivity index (χ0) is 18.6. The molecule has 0 aliphatic carbocycles. The number of rotatable bonds is 8. The Morgan fingerprint density at radius 2 is 1.29 bits per heavy atom. The van der Waals surface area contributed by atoms with Crippen LogP contribution in [0.1, 0.15) is 5.56 Å². The van der Waals surface area contributed by atoms with E-state index in [0.29, 0.717) is 0 Å². The monoisotopic (exact) mass is 398 g/mol. The van der Waals surface area contributed by atoms with Crippen LogP contribution in [0, 0.1) is 0 Å². The maximum atomic E-state index is 6.59. The van der Waals surface area contributed by atoms with Gasteiger partial charge in [-0.3, -0.25) is 0 Å². The molecule has 1 rings (SSSR count). The topological polar surface area (TPSA) is 27.7 Å². The summed E-state index contributed by atoms with van der Waals surface area (Å²) in [5.41, 5.74) is 1.09. The summed E-state index contributed by atoms with van der Waals surface area (Å²) in [5.74, 6) is 0.913. The van der Waals surface area contributed by atoms with Gasteiger partial charge in [0.2, 0.25) is 25.0 Å². The first kappa shape index (κ1) is 21.4. The smallest absolute Gasteiger partial charge is 0.249 e. The van der Waals surface area contributed by atoms with Crippen LogP contribution in [0.25, 0.3) is 5.76 Å². The lowest BCUT2D eigenvalue weighted by atomic mass is 10.2. The zero-order valence-electron chi connectivity index (χ0n) is 16.8. The molecule has 0 atom stereocenters. The van der Waals surface area contributed by atoms with Crippen LogP contribution < -0.4 is 0 Å². The normalized spacial score (nSPS) is 14.7. The van der Waals surface area contributed by atoms with E-state index in [0.717, 1.165) is 16.7 Å². The third kappa shape index (κ3) is 7.10. The largest absolute Gasteiger partial charge is 0.546 e. The summed E-state index contributed by atoms with van der Waals surface area (Å²) in [7, 11) is -6.23. The Morgan fingerprint density at radius 1 is 0.792 bits per heavy atom. The molecule has 1 aromatic rings. The van der Waals surface area contributed by atoms with Gasteiger partial charge in [-0.05, 0) is 52.4 Å². The van der Waals surface area contributed by atoms with Crippen LogP contribution in [0.5, 0.6) is 0 Å². The average Bonchev–Trinajstić information content (AvgIpc) is 2.41. The van der Waals surface area contributed by atoms with Crippen molar-refractivity contribution in [3.05, 3.63) is 41.3 Å². The van der Waals surface area contributed by atoms with E-state index in [4.69, 9.17) is 13.0 Å². The first-order valence-corrected chi connectivity index (χ1v) is 20.4. The number of hydrogen-bond donors (Lipinski definition) is 0. The fourth-order valence-electron chi connectivity index (χ4n) is 2.31. The van der Waals surface area contributed by atoms with E-state index in [1.807, 2.05) is 6.07 Å². The van der Waals surface area contributed by atoms with Crippen molar-refractivity contribution in [3.8, 4) is 0 Å². The highest BCUT2D eigenvalue weighted by Crippen LogP contribution is 2.33. The predicted molar refractivity (Wildman–Crippen MR) is 115 cm³/mol. The van der Waals surface area contributed by atoms with Crippen molar-refractivity contribution in [2.75, 3.05) is 0 Å². The summed E-state index contributed by atoms with van der Waals surface area (Å²) in [4.78, 5) is 0. The lowest BCUT2D eigenvalue weighted by Crippen LogP contribution is -2.42. The van der Waals surface area contributed by atoms with E-state index in [-0.39, 0.29) is 0 Å². The molecule has 0 aliphatic rings. The zero-order valence-corrected chi connectivity index (χ0v) is 21.2. The second-order valence-electron chi connectivity index (χ2n) is 8.40. The Kier molecular flexibility index (Phi) is 7.30. The fraction of sp³-hybridized carbons (Fsp3) is 0.529. The van der Waals surface area contributed by atoms with Crippen molar-refractivity contribution in [1.29, 1.82) is 0 Å². The maximum absolute atomic E-state index is 6.59. The van der Waals surface area contributed by atoms with Gasteiger partial charge in [0.15, 0.2) is 0 Å². The Bertz CT molecular complexity index is 557. The maximum Gasteiger partial charge on any atom is 0.249 e. The molecule has 7 heteroatoms. The molecule has 0 saturated carbocycles. The molecule has 0 N–H and O–H groups in total. The molecule has 0 amide bonds. The standard InChI is InChI=1S/C17H34O3Si4/c1-21-20-24(8,9)17(19-23(5,6)7)16(18-22(2,3)4)15-13-11-10-12-14-15/h10-14H,21H2,1-9H3. The summed E-state index contributed by atoms with van der Waals surface area (Å²) in [6.45, 7) is 19.9. The van der Waals surface area contributed by atoms with Crippen LogP contribution >= 0.6 is 0 Å². The summed E-state index contributed by atoms with van der Waals surface area (Å²) < 4.78 is 19.4. The highest BCUT2D eigenvalue weighted by atomic mass is 28.4. The van der Waals surface area contributed by atoms with Gasteiger partial charge >= 0.3 is 0 Å². The molecular weight excluding hydrogens is 365 g/mol. The van der Waals surface area contributed by atoms with Gasteiger partial charge < -0.3 is 13.0 Å². The van der Waals surface area contributed by atoms with Crippen molar-refractivity contribution in [2.24, 2.45) is 0 Å². The minimum atomic E-state index is -2.14. The van der Waals surface area contributed by atoms with Gasteiger partial charge in [0, 0.05) is 5.56 Å². The molecule has 0 saturated heterocycles. The third-order valence-corrected chi connectivity index (χ3v) is 10.4. The van der Waals surface area contributed by atoms with Gasteiger partial charge in [0.1, 0.15) is 20.9 Å². The molecule has 0 bridgehead atoms. The van der Waals surface area contributed by atoms with Gasteiger partial charge in [-0.1, -0.05) is 36.9 Å². The minimum absolute atomic E-state index is 0.521. The fourth-order valence-corrected chi connectivity index (χ4v) is 9.99. The average molecular weight is 399 g/mol. The molecule has 1 aromatic carbocycles. The van der Waals surface area contributed by atoms with Crippen LogP contribution in [-0.2, 0) is 13.0 Å². The molecule has 136 valence electrons. The van der Waals surface area contributed by atoms with Crippen LogP contribution in [0.2, 0.25) is 58.9 Å². The Morgan fingerprint density at radius 3 is 1.71 bits per heavy atom. The van der Waals surface area contributed by atoms with E-state index in [1.54, 1.807) is 0 Å². The number of benzene rings is 1. The van der Waals surface area contributed by atoms with Gasteiger partial charge in [-0.25, -0.2) is 0 Å². The Labute approximate surface area is 153 Å². The lowest BCUT2D eigenvalue weighted by Gasteiger charge is -2.35. The Balaban J connectivity index is 3.59. The molecule has 0 spiro atoms. The third-order valence-electron chi connectivity index (χ3n) is 3.11. The molecule has 0 unspecified atom stereocenters.